The van der Waals surface area contributed by atoms with Gasteiger partial charge in [0.2, 0.25) is 0 Å². The maximum absolute atomic E-state index is 12.1. The normalized spacial score (nSPS) is 13.4. The first-order valence-electron chi connectivity index (χ1n) is 7.21. The molecule has 1 heterocycles. The van der Waals surface area contributed by atoms with Gasteiger partial charge in [0.15, 0.2) is 0 Å². The Morgan fingerprint density at radius 1 is 1.08 bits per heavy atom. The van der Waals surface area contributed by atoms with Crippen LogP contribution in [0, 0.1) is 0 Å². The zero-order valence-electron chi connectivity index (χ0n) is 12.4. The number of amides is 1. The van der Waals surface area contributed by atoms with Gasteiger partial charge in [0, 0.05) is 16.0 Å². The third-order valence-corrected chi connectivity index (χ3v) is 4.63. The molecule has 1 aliphatic rings. The molecule has 1 aliphatic heterocycles. The maximum Gasteiger partial charge on any atom is 0.299 e. The summed E-state index contributed by atoms with van der Waals surface area (Å²) in [7, 11) is 0. The minimum absolute atomic E-state index is 0.366. The van der Waals surface area contributed by atoms with Crippen LogP contribution in [0.2, 0.25) is 10.0 Å². The van der Waals surface area contributed by atoms with Gasteiger partial charge >= 0.3 is 0 Å². The molecule has 0 atom stereocenters. The Balaban J connectivity index is 1.61. The van der Waals surface area contributed by atoms with Crippen LogP contribution in [0.4, 0.5) is 5.69 Å². The van der Waals surface area contributed by atoms with Crippen molar-refractivity contribution in [3.8, 4) is 5.75 Å². The van der Waals surface area contributed by atoms with Crippen LogP contribution < -0.4 is 9.64 Å². The molecule has 0 unspecified atom stereocenters. The lowest BCUT2D eigenvalue weighted by molar-refractivity contribution is -0.114. The Hall–Kier alpha value is -1.56. The van der Waals surface area contributed by atoms with Crippen LogP contribution in [-0.4, -0.2) is 24.8 Å². The number of benzene rings is 2. The number of ether oxygens (including phenoxy) is 1. The molecule has 124 valence electrons. The molecule has 0 radical (unpaired) electrons. The summed E-state index contributed by atoms with van der Waals surface area (Å²) in [5.74, 6) is -0.449. The van der Waals surface area contributed by atoms with Gasteiger partial charge in [0.1, 0.15) is 5.75 Å². The molecule has 0 bridgehead atoms. The van der Waals surface area contributed by atoms with E-state index in [-0.39, 0.29) is 0 Å². The number of hydrogen-bond donors (Lipinski definition) is 0. The fourth-order valence-corrected chi connectivity index (χ4v) is 3.32. The average molecular weight is 429 g/mol. The van der Waals surface area contributed by atoms with Crippen LogP contribution >= 0.6 is 39.1 Å². The molecule has 24 heavy (non-hydrogen) atoms. The van der Waals surface area contributed by atoms with Crippen molar-refractivity contribution in [3.63, 3.8) is 0 Å². The first-order chi connectivity index (χ1) is 11.5. The smallest absolute Gasteiger partial charge is 0.299 e. The van der Waals surface area contributed by atoms with E-state index < -0.39 is 11.7 Å². The van der Waals surface area contributed by atoms with Crippen molar-refractivity contribution < 1.29 is 14.3 Å². The van der Waals surface area contributed by atoms with Crippen molar-refractivity contribution in [1.82, 2.24) is 0 Å². The van der Waals surface area contributed by atoms with Gasteiger partial charge in [-0.2, -0.15) is 0 Å². The second kappa shape index (κ2) is 7.13. The minimum atomic E-state index is -0.507. The lowest BCUT2D eigenvalue weighted by Gasteiger charge is -2.16. The lowest BCUT2D eigenvalue weighted by atomic mass is 10.1. The van der Waals surface area contributed by atoms with Gasteiger partial charge in [0.25, 0.3) is 11.7 Å². The number of Topliss-reactive ketones (excluding diaryl/α,β-unsaturated/α-hetero) is 1. The summed E-state index contributed by atoms with van der Waals surface area (Å²) >= 11 is 15.2. The highest BCUT2D eigenvalue weighted by atomic mass is 79.9. The predicted molar refractivity (Wildman–Crippen MR) is 97.4 cm³/mol. The molecule has 0 saturated heterocycles. The molecule has 1 amide bonds. The third-order valence-electron chi connectivity index (χ3n) is 3.61. The highest BCUT2D eigenvalue weighted by Gasteiger charge is 2.35. The molecule has 4 nitrogen and oxygen atoms in total. The van der Waals surface area contributed by atoms with Gasteiger partial charge in [-0.25, -0.2) is 0 Å². The molecule has 7 heteroatoms. The number of carbonyl (C=O) groups excluding carboxylic acids is 2. The van der Waals surface area contributed by atoms with Crippen LogP contribution in [0.1, 0.15) is 16.8 Å². The molecule has 0 aromatic heterocycles. The molecular formula is C17H12BrCl2NO3. The second-order valence-electron chi connectivity index (χ2n) is 5.22. The van der Waals surface area contributed by atoms with E-state index in [1.54, 1.807) is 30.3 Å². The molecular weight excluding hydrogens is 417 g/mol. The molecule has 0 N–H and O–H groups in total. The standard InChI is InChI=1S/C17H12BrCl2NO3/c18-10-2-4-14-12(8-10)16(22)17(23)21(14)6-1-7-24-15-5-3-11(19)9-13(15)20/h2-5,8-9H,1,6-7H2. The summed E-state index contributed by atoms with van der Waals surface area (Å²) in [6.45, 7) is 0.760. The zero-order valence-corrected chi connectivity index (χ0v) is 15.5. The van der Waals surface area contributed by atoms with E-state index in [0.29, 0.717) is 46.6 Å². The highest BCUT2D eigenvalue weighted by Crippen LogP contribution is 2.31. The summed E-state index contributed by atoms with van der Waals surface area (Å²) in [6.07, 6.45) is 0.563. The Kier molecular flexibility index (Phi) is 5.13. The minimum Gasteiger partial charge on any atom is -0.492 e. The van der Waals surface area contributed by atoms with Crippen LogP contribution in [0.15, 0.2) is 40.9 Å². The molecule has 0 aliphatic carbocycles. The lowest BCUT2D eigenvalue weighted by Crippen LogP contribution is -2.31. The first-order valence-corrected chi connectivity index (χ1v) is 8.76. The van der Waals surface area contributed by atoms with Crippen molar-refractivity contribution in [1.29, 1.82) is 0 Å². The van der Waals surface area contributed by atoms with Gasteiger partial charge in [0.05, 0.1) is 22.9 Å². The largest absolute Gasteiger partial charge is 0.492 e. The quantitative estimate of drug-likeness (QED) is 0.509. The van der Waals surface area contributed by atoms with E-state index in [0.717, 1.165) is 4.47 Å². The Labute approximate surface area is 157 Å². The maximum atomic E-state index is 12.1. The number of rotatable bonds is 5. The summed E-state index contributed by atoms with van der Waals surface area (Å²) in [5.41, 5.74) is 1.06. The van der Waals surface area contributed by atoms with E-state index in [2.05, 4.69) is 15.9 Å². The molecule has 3 rings (SSSR count). The van der Waals surface area contributed by atoms with Gasteiger partial charge in [-0.05, 0) is 42.8 Å². The summed E-state index contributed by atoms with van der Waals surface area (Å²) in [5, 5.41) is 0.974. The van der Waals surface area contributed by atoms with E-state index in [4.69, 9.17) is 27.9 Å². The van der Waals surface area contributed by atoms with Gasteiger partial charge in [-0.3, -0.25) is 9.59 Å². The molecule has 2 aromatic rings. The van der Waals surface area contributed by atoms with Crippen molar-refractivity contribution >= 4 is 56.5 Å². The van der Waals surface area contributed by atoms with E-state index >= 15 is 0 Å². The molecule has 2 aromatic carbocycles. The Bertz CT molecular complexity index is 825. The Morgan fingerprint density at radius 3 is 2.62 bits per heavy atom. The van der Waals surface area contributed by atoms with E-state index in [1.807, 2.05) is 6.07 Å². The number of carbonyl (C=O) groups is 2. The number of halogens is 3. The Morgan fingerprint density at radius 2 is 1.88 bits per heavy atom. The van der Waals surface area contributed by atoms with Crippen LogP contribution in [0.3, 0.4) is 0 Å². The van der Waals surface area contributed by atoms with Crippen molar-refractivity contribution in [2.24, 2.45) is 0 Å². The third kappa shape index (κ3) is 3.43. The summed E-state index contributed by atoms with van der Waals surface area (Å²) in [6, 6.07) is 10.2. The number of ketones is 1. The average Bonchev–Trinajstić information content (AvgIpc) is 2.77. The van der Waals surface area contributed by atoms with Crippen LogP contribution in [0.5, 0.6) is 5.75 Å². The van der Waals surface area contributed by atoms with Gasteiger partial charge in [-0.15, -0.1) is 0 Å². The van der Waals surface area contributed by atoms with Gasteiger partial charge in [-0.1, -0.05) is 39.1 Å². The number of nitrogens with zero attached hydrogens (tertiary/aromatic N) is 1. The molecule has 0 saturated carbocycles. The number of hydrogen-bond acceptors (Lipinski definition) is 3. The fraction of sp³-hybridized carbons (Fsp3) is 0.176. The number of fused-ring (bicyclic) bond motifs is 1. The zero-order chi connectivity index (χ0) is 17.3. The van der Waals surface area contributed by atoms with Crippen LogP contribution in [0.25, 0.3) is 0 Å². The second-order valence-corrected chi connectivity index (χ2v) is 6.98. The summed E-state index contributed by atoms with van der Waals surface area (Å²) < 4.78 is 6.37. The number of anilines is 1. The highest BCUT2D eigenvalue weighted by molar-refractivity contribution is 9.10. The van der Waals surface area contributed by atoms with E-state index in [1.165, 1.54) is 4.90 Å². The summed E-state index contributed by atoms with van der Waals surface area (Å²) in [4.78, 5) is 25.6. The monoisotopic (exact) mass is 427 g/mol. The van der Waals surface area contributed by atoms with Crippen molar-refractivity contribution in [2.45, 2.75) is 6.42 Å². The first kappa shape index (κ1) is 17.3. The predicted octanol–water partition coefficient (Wildman–Crippen LogP) is 4.75. The molecule has 0 spiro atoms. The van der Waals surface area contributed by atoms with Crippen molar-refractivity contribution in [2.75, 3.05) is 18.1 Å². The van der Waals surface area contributed by atoms with Crippen molar-refractivity contribution in [3.05, 3.63) is 56.5 Å². The van der Waals surface area contributed by atoms with E-state index in [9.17, 15) is 9.59 Å². The topological polar surface area (TPSA) is 46.6 Å². The van der Waals surface area contributed by atoms with Crippen LogP contribution in [-0.2, 0) is 4.79 Å². The fourth-order valence-electron chi connectivity index (χ4n) is 2.49. The SMILES string of the molecule is O=C1C(=O)N(CCCOc2ccc(Cl)cc2Cl)c2ccc(Br)cc21. The molecule has 0 fully saturated rings. The van der Waals surface area contributed by atoms with Gasteiger partial charge < -0.3 is 9.64 Å².